The van der Waals surface area contributed by atoms with E-state index in [1.165, 1.54) is 6.42 Å². The van der Waals surface area contributed by atoms with E-state index in [2.05, 4.69) is 6.92 Å². The lowest BCUT2D eigenvalue weighted by molar-refractivity contribution is -0.164. The summed E-state index contributed by atoms with van der Waals surface area (Å²) in [6.45, 7) is 4.25. The minimum Gasteiger partial charge on any atom is -0.352 e. The van der Waals surface area contributed by atoms with Gasteiger partial charge >= 0.3 is 0 Å². The van der Waals surface area contributed by atoms with E-state index in [4.69, 9.17) is 9.47 Å². The van der Waals surface area contributed by atoms with Crippen molar-refractivity contribution in [3.8, 4) is 0 Å². The Morgan fingerprint density at radius 1 is 1.09 bits per heavy atom. The molecule has 0 amide bonds. The van der Waals surface area contributed by atoms with Crippen molar-refractivity contribution in [2.24, 2.45) is 23.7 Å². The quantitative estimate of drug-likeness (QED) is 0.523. The maximum absolute atomic E-state index is 5.60. The van der Waals surface area contributed by atoms with Crippen LogP contribution in [0.15, 0.2) is 0 Å². The van der Waals surface area contributed by atoms with Crippen LogP contribution in [0.25, 0.3) is 0 Å². The third-order valence-electron chi connectivity index (χ3n) is 3.82. The van der Waals surface area contributed by atoms with Crippen LogP contribution < -0.4 is 0 Å². The molecular weight excluding hydrogens is 140 g/mol. The molecule has 2 nitrogen and oxygen atoms in total. The van der Waals surface area contributed by atoms with E-state index in [1.54, 1.807) is 0 Å². The second-order valence-corrected chi connectivity index (χ2v) is 4.22. The molecule has 3 rings (SSSR count). The molecule has 1 aliphatic carbocycles. The van der Waals surface area contributed by atoms with Crippen LogP contribution in [-0.4, -0.2) is 19.5 Å². The molecule has 2 bridgehead atoms. The van der Waals surface area contributed by atoms with Gasteiger partial charge in [0, 0.05) is 5.92 Å². The average molecular weight is 154 g/mol. The zero-order valence-electron chi connectivity index (χ0n) is 6.82. The Bertz CT molecular complexity index is 178. The number of ether oxygens (including phenoxy) is 2. The fourth-order valence-electron chi connectivity index (χ4n) is 3.01. The Balaban J connectivity index is 1.96. The van der Waals surface area contributed by atoms with Crippen LogP contribution in [0.1, 0.15) is 13.3 Å². The molecule has 3 fully saturated rings. The molecule has 5 unspecified atom stereocenters. The lowest BCUT2D eigenvalue weighted by atomic mass is 9.91. The molecule has 0 N–H and O–H groups in total. The van der Waals surface area contributed by atoms with Gasteiger partial charge in [0.25, 0.3) is 0 Å². The number of fused-ring (bicyclic) bond motifs is 1. The van der Waals surface area contributed by atoms with Crippen LogP contribution in [0.2, 0.25) is 0 Å². The third kappa shape index (κ3) is 0.695. The Hall–Kier alpha value is -0.0800. The van der Waals surface area contributed by atoms with E-state index in [1.807, 2.05) is 0 Å². The summed E-state index contributed by atoms with van der Waals surface area (Å²) in [6.07, 6.45) is 1.53. The summed E-state index contributed by atoms with van der Waals surface area (Å²) in [5, 5.41) is 0. The molecule has 0 aromatic carbocycles. The fraction of sp³-hybridized carbons (Fsp3) is 1.00. The van der Waals surface area contributed by atoms with Crippen LogP contribution in [0.3, 0.4) is 0 Å². The topological polar surface area (TPSA) is 18.5 Å². The lowest BCUT2D eigenvalue weighted by Gasteiger charge is -2.26. The highest BCUT2D eigenvalue weighted by atomic mass is 16.7. The van der Waals surface area contributed by atoms with Crippen molar-refractivity contribution >= 4 is 0 Å². The van der Waals surface area contributed by atoms with Gasteiger partial charge in [0.2, 0.25) is 0 Å². The molecule has 5 atom stereocenters. The molecule has 0 radical (unpaired) electrons. The largest absolute Gasteiger partial charge is 0.352 e. The molecule has 2 heteroatoms. The first-order chi connectivity index (χ1) is 5.36. The van der Waals surface area contributed by atoms with Gasteiger partial charge in [0.1, 0.15) is 0 Å². The Morgan fingerprint density at radius 3 is 2.82 bits per heavy atom. The summed E-state index contributed by atoms with van der Waals surface area (Å²) >= 11 is 0. The highest BCUT2D eigenvalue weighted by Gasteiger charge is 2.52. The second kappa shape index (κ2) is 1.99. The Morgan fingerprint density at radius 2 is 1.91 bits per heavy atom. The van der Waals surface area contributed by atoms with E-state index in [0.29, 0.717) is 0 Å². The summed E-state index contributed by atoms with van der Waals surface area (Å²) in [5.41, 5.74) is 0. The maximum Gasteiger partial charge on any atom is 0.160 e. The van der Waals surface area contributed by atoms with E-state index >= 15 is 0 Å². The lowest BCUT2D eigenvalue weighted by Crippen LogP contribution is -2.28. The smallest absolute Gasteiger partial charge is 0.160 e. The van der Waals surface area contributed by atoms with Crippen molar-refractivity contribution in [1.82, 2.24) is 0 Å². The summed E-state index contributed by atoms with van der Waals surface area (Å²) in [7, 11) is 0. The summed E-state index contributed by atoms with van der Waals surface area (Å²) in [5.74, 6) is 3.23. The van der Waals surface area contributed by atoms with Crippen LogP contribution in [0, 0.1) is 23.7 Å². The zero-order valence-corrected chi connectivity index (χ0v) is 6.82. The summed E-state index contributed by atoms with van der Waals surface area (Å²) in [4.78, 5) is 0. The summed E-state index contributed by atoms with van der Waals surface area (Å²) in [6, 6.07) is 0. The van der Waals surface area contributed by atoms with E-state index in [0.717, 1.165) is 36.9 Å². The third-order valence-corrected chi connectivity index (χ3v) is 3.82. The van der Waals surface area contributed by atoms with Gasteiger partial charge in [0.15, 0.2) is 6.29 Å². The van der Waals surface area contributed by atoms with Crippen LogP contribution in [-0.2, 0) is 9.47 Å². The fourth-order valence-corrected chi connectivity index (χ4v) is 3.01. The molecule has 3 aliphatic rings. The molecule has 2 saturated heterocycles. The number of rotatable bonds is 0. The summed E-state index contributed by atoms with van der Waals surface area (Å²) < 4.78 is 11.2. The van der Waals surface area contributed by atoms with Gasteiger partial charge in [-0.15, -0.1) is 0 Å². The number of hydrogen-bond acceptors (Lipinski definition) is 2. The zero-order chi connectivity index (χ0) is 7.42. The monoisotopic (exact) mass is 154 g/mol. The van der Waals surface area contributed by atoms with Gasteiger partial charge in [0.05, 0.1) is 13.2 Å². The highest BCUT2D eigenvalue weighted by molar-refractivity contribution is 4.96. The highest BCUT2D eigenvalue weighted by Crippen LogP contribution is 2.51. The molecule has 62 valence electrons. The molecular formula is C9H14O2. The van der Waals surface area contributed by atoms with E-state index in [9.17, 15) is 0 Å². The van der Waals surface area contributed by atoms with Crippen molar-refractivity contribution < 1.29 is 9.47 Å². The second-order valence-electron chi connectivity index (χ2n) is 4.22. The first kappa shape index (κ1) is 6.44. The molecule has 2 heterocycles. The van der Waals surface area contributed by atoms with Crippen molar-refractivity contribution in [3.05, 3.63) is 0 Å². The molecule has 11 heavy (non-hydrogen) atoms. The average Bonchev–Trinajstić information content (AvgIpc) is 2.51. The van der Waals surface area contributed by atoms with Gasteiger partial charge < -0.3 is 9.47 Å². The van der Waals surface area contributed by atoms with Crippen LogP contribution >= 0.6 is 0 Å². The molecule has 0 aromatic heterocycles. The first-order valence-corrected chi connectivity index (χ1v) is 4.59. The van der Waals surface area contributed by atoms with E-state index in [-0.39, 0.29) is 6.29 Å². The molecule has 2 aliphatic heterocycles. The van der Waals surface area contributed by atoms with Crippen molar-refractivity contribution in [2.75, 3.05) is 13.2 Å². The Labute approximate surface area is 66.9 Å². The van der Waals surface area contributed by atoms with Gasteiger partial charge in [-0.1, -0.05) is 6.92 Å². The maximum atomic E-state index is 5.60. The van der Waals surface area contributed by atoms with Crippen molar-refractivity contribution in [1.29, 1.82) is 0 Å². The molecule has 1 saturated carbocycles. The first-order valence-electron chi connectivity index (χ1n) is 4.59. The van der Waals surface area contributed by atoms with Crippen LogP contribution in [0.4, 0.5) is 0 Å². The van der Waals surface area contributed by atoms with Gasteiger partial charge in [-0.25, -0.2) is 0 Å². The standard InChI is InChI=1S/C9H14O2/c1-5-6-2-7-8(5)4-11-9(7)10-3-6/h5-9H,2-4H2,1H3. The SMILES string of the molecule is CC1C2COC3OCC1C3C2. The minimum atomic E-state index is 0.168. The van der Waals surface area contributed by atoms with Gasteiger partial charge in [-0.3, -0.25) is 0 Å². The van der Waals surface area contributed by atoms with Crippen molar-refractivity contribution in [2.45, 2.75) is 19.6 Å². The predicted octanol–water partition coefficient (Wildman–Crippen LogP) is 1.26. The minimum absolute atomic E-state index is 0.168. The normalized spacial score (nSPS) is 60.3. The van der Waals surface area contributed by atoms with E-state index < -0.39 is 0 Å². The van der Waals surface area contributed by atoms with Crippen LogP contribution in [0.5, 0.6) is 0 Å². The van der Waals surface area contributed by atoms with Crippen molar-refractivity contribution in [3.63, 3.8) is 0 Å². The Kier molecular flexibility index (Phi) is 1.16. The predicted molar refractivity (Wildman–Crippen MR) is 39.9 cm³/mol. The van der Waals surface area contributed by atoms with Gasteiger partial charge in [-0.05, 0) is 24.2 Å². The molecule has 0 spiro atoms. The van der Waals surface area contributed by atoms with Gasteiger partial charge in [-0.2, -0.15) is 0 Å². The molecule has 0 aromatic rings. The number of hydrogen-bond donors (Lipinski definition) is 0.